The second-order valence-corrected chi connectivity index (χ2v) is 5.82. The van der Waals surface area contributed by atoms with Crippen LogP contribution in [0.4, 0.5) is 4.79 Å². The van der Waals surface area contributed by atoms with Gasteiger partial charge in [-0.1, -0.05) is 42.8 Å². The molecule has 0 bridgehead atoms. The van der Waals surface area contributed by atoms with Crippen LogP contribution in [0.1, 0.15) is 25.1 Å². The topological polar surface area (TPSA) is 69.0 Å². The zero-order chi connectivity index (χ0) is 15.9. The smallest absolute Gasteiger partial charge is 0.407 e. The highest BCUT2D eigenvalue weighted by atomic mass is 35.5. The third kappa shape index (κ3) is 5.37. The number of rotatable bonds is 6. The maximum absolute atomic E-state index is 11.5. The van der Waals surface area contributed by atoms with Crippen LogP contribution in [0.15, 0.2) is 30.5 Å². The second-order valence-electron chi connectivity index (χ2n) is 5.39. The number of carbonyl (C=O) groups is 1. The van der Waals surface area contributed by atoms with E-state index >= 15 is 0 Å². The molecule has 1 amide bonds. The van der Waals surface area contributed by atoms with Crippen molar-refractivity contribution >= 4 is 17.7 Å². The lowest BCUT2D eigenvalue weighted by molar-refractivity contribution is 0.137. The van der Waals surface area contributed by atoms with Crippen molar-refractivity contribution in [2.24, 2.45) is 5.92 Å². The molecule has 0 saturated carbocycles. The molecule has 0 radical (unpaired) electrons. The molecular weight excluding hydrogens is 304 g/mol. The number of carbonyl (C=O) groups excluding carboxylic acids is 1. The van der Waals surface area contributed by atoms with E-state index in [0.29, 0.717) is 29.7 Å². The summed E-state index contributed by atoms with van der Waals surface area (Å²) in [7, 11) is 0. The van der Waals surface area contributed by atoms with Gasteiger partial charge >= 0.3 is 6.09 Å². The highest BCUT2D eigenvalue weighted by molar-refractivity contribution is 6.30. The Kier molecular flexibility index (Phi) is 5.77. The van der Waals surface area contributed by atoms with Gasteiger partial charge < -0.3 is 10.1 Å². The van der Waals surface area contributed by atoms with Crippen LogP contribution in [-0.4, -0.2) is 27.6 Å². The van der Waals surface area contributed by atoms with E-state index in [4.69, 9.17) is 16.3 Å². The first-order valence-corrected chi connectivity index (χ1v) is 7.45. The van der Waals surface area contributed by atoms with E-state index in [1.54, 1.807) is 10.9 Å². The van der Waals surface area contributed by atoms with E-state index in [2.05, 4.69) is 15.6 Å². The largest absolute Gasteiger partial charge is 0.443 e. The third-order valence-corrected chi connectivity index (χ3v) is 3.06. The average molecular weight is 323 g/mol. The zero-order valence-corrected chi connectivity index (χ0v) is 13.4. The van der Waals surface area contributed by atoms with Crippen molar-refractivity contribution < 1.29 is 9.53 Å². The fourth-order valence-electron chi connectivity index (χ4n) is 1.78. The summed E-state index contributed by atoms with van der Waals surface area (Å²) in [6.07, 6.45) is 1.30. The molecule has 0 spiro atoms. The zero-order valence-electron chi connectivity index (χ0n) is 12.6. The lowest BCUT2D eigenvalue weighted by Gasteiger charge is -2.07. The summed E-state index contributed by atoms with van der Waals surface area (Å²) in [6, 6.07) is 7.54. The van der Waals surface area contributed by atoms with Crippen molar-refractivity contribution in [3.8, 4) is 0 Å². The van der Waals surface area contributed by atoms with E-state index < -0.39 is 6.09 Å². The van der Waals surface area contributed by atoms with E-state index in [9.17, 15) is 4.79 Å². The van der Waals surface area contributed by atoms with Gasteiger partial charge in [0.1, 0.15) is 12.3 Å². The van der Waals surface area contributed by atoms with Gasteiger partial charge in [0.15, 0.2) is 0 Å². The van der Waals surface area contributed by atoms with Crippen molar-refractivity contribution in [1.82, 2.24) is 20.3 Å². The van der Waals surface area contributed by atoms with Gasteiger partial charge in [-0.2, -0.15) is 0 Å². The van der Waals surface area contributed by atoms with Crippen molar-refractivity contribution in [3.63, 3.8) is 0 Å². The Balaban J connectivity index is 1.82. The van der Waals surface area contributed by atoms with Crippen molar-refractivity contribution in [3.05, 3.63) is 46.7 Å². The Morgan fingerprint density at radius 2 is 2.27 bits per heavy atom. The molecule has 118 valence electrons. The molecule has 1 N–H and O–H groups in total. The molecule has 1 aromatic carbocycles. The first-order chi connectivity index (χ1) is 10.5. The molecule has 0 aliphatic rings. The molecule has 1 heterocycles. The van der Waals surface area contributed by atoms with Crippen LogP contribution in [0.25, 0.3) is 0 Å². The molecule has 0 aliphatic heterocycles. The van der Waals surface area contributed by atoms with Crippen molar-refractivity contribution in [2.45, 2.75) is 27.0 Å². The number of hydrogen-bond donors (Lipinski definition) is 1. The predicted molar refractivity (Wildman–Crippen MR) is 83.6 cm³/mol. The van der Waals surface area contributed by atoms with Crippen LogP contribution in [-0.2, 0) is 17.9 Å². The second kappa shape index (κ2) is 7.79. The molecule has 6 nitrogen and oxygen atoms in total. The van der Waals surface area contributed by atoms with Gasteiger partial charge in [0.25, 0.3) is 0 Å². The summed E-state index contributed by atoms with van der Waals surface area (Å²) >= 11 is 5.94. The number of halogens is 1. The Hall–Kier alpha value is -2.08. The first kappa shape index (κ1) is 16.3. The van der Waals surface area contributed by atoms with Crippen LogP contribution in [0.5, 0.6) is 0 Å². The number of amides is 1. The van der Waals surface area contributed by atoms with Crippen LogP contribution < -0.4 is 5.32 Å². The number of ether oxygens (including phenoxy) is 1. The Bertz CT molecular complexity index is 628. The minimum absolute atomic E-state index is 0.0967. The van der Waals surface area contributed by atoms with E-state index in [1.807, 2.05) is 38.1 Å². The summed E-state index contributed by atoms with van der Waals surface area (Å²) in [5.41, 5.74) is 1.63. The summed E-state index contributed by atoms with van der Waals surface area (Å²) < 4.78 is 6.75. The van der Waals surface area contributed by atoms with E-state index in [0.717, 1.165) is 5.56 Å². The fraction of sp³-hybridized carbons (Fsp3) is 0.400. The number of aromatic nitrogens is 3. The molecule has 2 rings (SSSR count). The van der Waals surface area contributed by atoms with Gasteiger partial charge in [-0.3, -0.25) is 0 Å². The van der Waals surface area contributed by atoms with Gasteiger partial charge in [-0.15, -0.1) is 5.10 Å². The Morgan fingerprint density at radius 3 is 3.00 bits per heavy atom. The van der Waals surface area contributed by atoms with Gasteiger partial charge in [-0.05, 0) is 23.6 Å². The average Bonchev–Trinajstić information content (AvgIpc) is 2.90. The number of alkyl carbamates (subject to hydrolysis) is 1. The van der Waals surface area contributed by atoms with Gasteiger partial charge in [-0.25, -0.2) is 9.48 Å². The molecule has 0 unspecified atom stereocenters. The number of benzene rings is 1. The number of hydrogen-bond acceptors (Lipinski definition) is 4. The molecule has 0 aliphatic carbocycles. The monoisotopic (exact) mass is 322 g/mol. The summed E-state index contributed by atoms with van der Waals surface area (Å²) in [5.74, 6) is 0.381. The van der Waals surface area contributed by atoms with Crippen LogP contribution in [0, 0.1) is 5.92 Å². The van der Waals surface area contributed by atoms with Crippen LogP contribution >= 0.6 is 11.6 Å². The minimum atomic E-state index is -0.446. The number of nitrogens with one attached hydrogen (secondary N) is 1. The minimum Gasteiger partial charge on any atom is -0.443 e. The predicted octanol–water partition coefficient (Wildman–Crippen LogP) is 2.86. The SMILES string of the molecule is CC(C)CNC(=O)OCc1cn(Cc2cccc(Cl)c2)nn1. The Morgan fingerprint density at radius 1 is 1.45 bits per heavy atom. The van der Waals surface area contributed by atoms with E-state index in [1.165, 1.54) is 0 Å². The summed E-state index contributed by atoms with van der Waals surface area (Å²) in [4.78, 5) is 11.5. The molecule has 0 fully saturated rings. The quantitative estimate of drug-likeness (QED) is 0.888. The molecule has 2 aromatic rings. The molecule has 0 saturated heterocycles. The van der Waals surface area contributed by atoms with Gasteiger partial charge in [0.2, 0.25) is 0 Å². The number of nitrogens with zero attached hydrogens (tertiary/aromatic N) is 3. The molecule has 22 heavy (non-hydrogen) atoms. The standard InChI is InChI=1S/C15H19ClN4O2/c1-11(2)7-17-15(21)22-10-14-9-20(19-18-14)8-12-4-3-5-13(16)6-12/h3-6,9,11H,7-8,10H2,1-2H3,(H,17,21). The normalized spacial score (nSPS) is 10.7. The van der Waals surface area contributed by atoms with Crippen LogP contribution in [0.3, 0.4) is 0 Å². The maximum Gasteiger partial charge on any atom is 0.407 e. The van der Waals surface area contributed by atoms with E-state index in [-0.39, 0.29) is 6.61 Å². The molecule has 7 heteroatoms. The van der Waals surface area contributed by atoms with Gasteiger partial charge in [0.05, 0.1) is 12.7 Å². The maximum atomic E-state index is 11.5. The van der Waals surface area contributed by atoms with Crippen molar-refractivity contribution in [2.75, 3.05) is 6.54 Å². The first-order valence-electron chi connectivity index (χ1n) is 7.07. The lowest BCUT2D eigenvalue weighted by Crippen LogP contribution is -2.27. The molecular formula is C15H19ClN4O2. The lowest BCUT2D eigenvalue weighted by atomic mass is 10.2. The fourth-order valence-corrected chi connectivity index (χ4v) is 2.00. The van der Waals surface area contributed by atoms with Crippen molar-refractivity contribution in [1.29, 1.82) is 0 Å². The van der Waals surface area contributed by atoms with Crippen LogP contribution in [0.2, 0.25) is 5.02 Å². The highest BCUT2D eigenvalue weighted by Crippen LogP contribution is 2.11. The van der Waals surface area contributed by atoms with Gasteiger partial charge in [0, 0.05) is 11.6 Å². The summed E-state index contributed by atoms with van der Waals surface area (Å²) in [6.45, 7) is 5.27. The summed E-state index contributed by atoms with van der Waals surface area (Å²) in [5, 5.41) is 11.3. The third-order valence-electron chi connectivity index (χ3n) is 2.83. The molecule has 1 aromatic heterocycles. The Labute approximate surface area is 134 Å². The highest BCUT2D eigenvalue weighted by Gasteiger charge is 2.07. The molecule has 0 atom stereocenters.